The Hall–Kier alpha value is -1.62. The molecular weight excluding hydrogens is 230 g/mol. The van der Waals surface area contributed by atoms with Crippen LogP contribution in [0.3, 0.4) is 0 Å². The number of pyridine rings is 1. The minimum absolute atomic E-state index is 0.0994. The molecule has 1 fully saturated rings. The number of hydrogen-bond acceptors (Lipinski definition) is 4. The first-order valence-electron chi connectivity index (χ1n) is 6.21. The van der Waals surface area contributed by atoms with Crippen molar-refractivity contribution in [3.63, 3.8) is 0 Å². The molecule has 5 nitrogen and oxygen atoms in total. The predicted molar refractivity (Wildman–Crippen MR) is 69.9 cm³/mol. The summed E-state index contributed by atoms with van der Waals surface area (Å²) in [6.45, 7) is 1.71. The van der Waals surface area contributed by atoms with Crippen LogP contribution in [0.1, 0.15) is 23.2 Å². The Balaban J connectivity index is 2.24. The van der Waals surface area contributed by atoms with E-state index in [1.807, 2.05) is 0 Å². The number of carbonyl (C=O) groups is 1. The van der Waals surface area contributed by atoms with E-state index in [9.17, 15) is 4.79 Å². The van der Waals surface area contributed by atoms with E-state index in [0.717, 1.165) is 31.7 Å². The molecule has 2 heterocycles. The van der Waals surface area contributed by atoms with E-state index in [1.54, 1.807) is 32.5 Å². The normalized spacial score (nSPS) is 19.7. The van der Waals surface area contributed by atoms with Gasteiger partial charge in [0.2, 0.25) is 0 Å². The standard InChI is InChI=1S/C13H19N3O2/c1-14-13(17)11-6-3-7-15-12(11)16-8-4-5-10(9-16)18-2/h3,6-7,10H,4-5,8-9H2,1-2H3,(H,14,17). The maximum atomic E-state index is 11.8. The molecule has 1 aliphatic rings. The number of ether oxygens (including phenoxy) is 1. The van der Waals surface area contributed by atoms with Gasteiger partial charge in [-0.15, -0.1) is 0 Å². The third kappa shape index (κ3) is 2.61. The largest absolute Gasteiger partial charge is 0.380 e. The molecule has 1 saturated heterocycles. The van der Waals surface area contributed by atoms with E-state index in [0.29, 0.717) is 5.56 Å². The SMILES string of the molecule is CNC(=O)c1cccnc1N1CCCC(OC)C1. The van der Waals surface area contributed by atoms with Gasteiger partial charge in [0.1, 0.15) is 5.82 Å². The molecule has 98 valence electrons. The lowest BCUT2D eigenvalue weighted by atomic mass is 10.1. The monoisotopic (exact) mass is 249 g/mol. The van der Waals surface area contributed by atoms with Crippen LogP contribution in [0.5, 0.6) is 0 Å². The second kappa shape index (κ2) is 5.82. The van der Waals surface area contributed by atoms with Crippen LogP contribution in [0.4, 0.5) is 5.82 Å². The topological polar surface area (TPSA) is 54.5 Å². The fourth-order valence-corrected chi connectivity index (χ4v) is 2.28. The lowest BCUT2D eigenvalue weighted by Gasteiger charge is -2.33. The molecular formula is C13H19N3O2. The Morgan fingerprint density at radius 2 is 2.44 bits per heavy atom. The average Bonchev–Trinajstić information content (AvgIpc) is 2.46. The highest BCUT2D eigenvalue weighted by molar-refractivity contribution is 5.98. The summed E-state index contributed by atoms with van der Waals surface area (Å²) in [6, 6.07) is 3.59. The van der Waals surface area contributed by atoms with Crippen LogP contribution < -0.4 is 10.2 Å². The molecule has 2 rings (SSSR count). The highest BCUT2D eigenvalue weighted by Gasteiger charge is 2.23. The quantitative estimate of drug-likeness (QED) is 0.870. The average molecular weight is 249 g/mol. The van der Waals surface area contributed by atoms with E-state index in [1.165, 1.54) is 0 Å². The van der Waals surface area contributed by atoms with Gasteiger partial charge in [0, 0.05) is 33.4 Å². The molecule has 0 spiro atoms. The molecule has 0 bridgehead atoms. The van der Waals surface area contributed by atoms with E-state index in [2.05, 4.69) is 15.2 Å². The number of amides is 1. The van der Waals surface area contributed by atoms with Gasteiger partial charge in [-0.2, -0.15) is 0 Å². The van der Waals surface area contributed by atoms with Crippen LogP contribution in [-0.2, 0) is 4.74 Å². The number of rotatable bonds is 3. The molecule has 0 aromatic carbocycles. The van der Waals surface area contributed by atoms with Crippen LogP contribution in [-0.4, -0.2) is 44.2 Å². The summed E-state index contributed by atoms with van der Waals surface area (Å²) in [6.07, 6.45) is 4.06. The maximum Gasteiger partial charge on any atom is 0.254 e. The van der Waals surface area contributed by atoms with E-state index in [-0.39, 0.29) is 12.0 Å². The first-order valence-corrected chi connectivity index (χ1v) is 6.21. The molecule has 1 aromatic heterocycles. The van der Waals surface area contributed by atoms with Crippen molar-refractivity contribution in [2.75, 3.05) is 32.1 Å². The molecule has 1 aliphatic heterocycles. The van der Waals surface area contributed by atoms with Crippen molar-refractivity contribution in [3.05, 3.63) is 23.9 Å². The van der Waals surface area contributed by atoms with Gasteiger partial charge in [0.25, 0.3) is 5.91 Å². The van der Waals surface area contributed by atoms with Crippen LogP contribution in [0.2, 0.25) is 0 Å². The molecule has 0 radical (unpaired) electrons. The zero-order chi connectivity index (χ0) is 13.0. The van der Waals surface area contributed by atoms with Crippen molar-refractivity contribution in [3.8, 4) is 0 Å². The molecule has 1 atom stereocenters. The Labute approximate surface area is 107 Å². The van der Waals surface area contributed by atoms with Gasteiger partial charge in [0.15, 0.2) is 0 Å². The summed E-state index contributed by atoms with van der Waals surface area (Å²) in [5.74, 6) is 0.649. The van der Waals surface area contributed by atoms with Crippen molar-refractivity contribution in [2.24, 2.45) is 0 Å². The number of methoxy groups -OCH3 is 1. The number of anilines is 1. The van der Waals surface area contributed by atoms with E-state index in [4.69, 9.17) is 4.74 Å². The number of nitrogens with one attached hydrogen (secondary N) is 1. The van der Waals surface area contributed by atoms with Gasteiger partial charge in [0.05, 0.1) is 11.7 Å². The molecule has 0 saturated carbocycles. The van der Waals surface area contributed by atoms with Crippen molar-refractivity contribution in [1.82, 2.24) is 10.3 Å². The van der Waals surface area contributed by atoms with Crippen molar-refractivity contribution in [2.45, 2.75) is 18.9 Å². The number of piperidine rings is 1. The van der Waals surface area contributed by atoms with Crippen LogP contribution in [0.25, 0.3) is 0 Å². The van der Waals surface area contributed by atoms with Gasteiger partial charge < -0.3 is 15.0 Å². The summed E-state index contributed by atoms with van der Waals surface area (Å²) in [4.78, 5) is 18.3. The molecule has 1 aromatic rings. The van der Waals surface area contributed by atoms with Crippen molar-refractivity contribution >= 4 is 11.7 Å². The molecule has 0 aliphatic carbocycles. The maximum absolute atomic E-state index is 11.8. The molecule has 5 heteroatoms. The summed E-state index contributed by atoms with van der Waals surface area (Å²) in [5.41, 5.74) is 0.622. The lowest BCUT2D eigenvalue weighted by molar-refractivity contribution is 0.0886. The summed E-state index contributed by atoms with van der Waals surface area (Å²) in [7, 11) is 3.36. The van der Waals surface area contributed by atoms with Gasteiger partial charge in [-0.05, 0) is 25.0 Å². The van der Waals surface area contributed by atoms with Gasteiger partial charge in [-0.1, -0.05) is 0 Å². The summed E-state index contributed by atoms with van der Waals surface area (Å²) in [5, 5.41) is 2.65. The highest BCUT2D eigenvalue weighted by atomic mass is 16.5. The zero-order valence-corrected chi connectivity index (χ0v) is 10.8. The van der Waals surface area contributed by atoms with E-state index >= 15 is 0 Å². The fourth-order valence-electron chi connectivity index (χ4n) is 2.28. The first-order chi connectivity index (χ1) is 8.76. The van der Waals surface area contributed by atoms with Crippen LogP contribution in [0.15, 0.2) is 18.3 Å². The minimum Gasteiger partial charge on any atom is -0.380 e. The van der Waals surface area contributed by atoms with Crippen molar-refractivity contribution < 1.29 is 9.53 Å². The predicted octanol–water partition coefficient (Wildman–Crippen LogP) is 1.06. The molecule has 1 amide bonds. The third-order valence-corrected chi connectivity index (χ3v) is 3.27. The Morgan fingerprint density at radius 3 is 3.17 bits per heavy atom. The van der Waals surface area contributed by atoms with E-state index < -0.39 is 0 Å². The number of aromatic nitrogens is 1. The second-order valence-corrected chi connectivity index (χ2v) is 4.40. The number of nitrogens with zero attached hydrogens (tertiary/aromatic N) is 2. The van der Waals surface area contributed by atoms with Crippen LogP contribution in [0, 0.1) is 0 Å². The Bertz CT molecular complexity index is 422. The molecule has 1 N–H and O–H groups in total. The summed E-state index contributed by atoms with van der Waals surface area (Å²) < 4.78 is 5.40. The summed E-state index contributed by atoms with van der Waals surface area (Å²) >= 11 is 0. The van der Waals surface area contributed by atoms with Gasteiger partial charge >= 0.3 is 0 Å². The van der Waals surface area contributed by atoms with Gasteiger partial charge in [-0.25, -0.2) is 4.98 Å². The smallest absolute Gasteiger partial charge is 0.254 e. The first kappa shape index (κ1) is 12.8. The molecule has 18 heavy (non-hydrogen) atoms. The highest BCUT2D eigenvalue weighted by Crippen LogP contribution is 2.22. The molecule has 1 unspecified atom stereocenters. The number of carbonyl (C=O) groups excluding carboxylic acids is 1. The van der Waals surface area contributed by atoms with Crippen molar-refractivity contribution in [1.29, 1.82) is 0 Å². The fraction of sp³-hybridized carbons (Fsp3) is 0.538. The minimum atomic E-state index is -0.0994. The van der Waals surface area contributed by atoms with Crippen LogP contribution >= 0.6 is 0 Å². The Kier molecular flexibility index (Phi) is 4.15. The Morgan fingerprint density at radius 1 is 1.61 bits per heavy atom. The zero-order valence-electron chi connectivity index (χ0n) is 10.8. The lowest BCUT2D eigenvalue weighted by Crippen LogP contribution is -2.40. The third-order valence-electron chi connectivity index (χ3n) is 3.27. The second-order valence-electron chi connectivity index (χ2n) is 4.40. The number of hydrogen-bond donors (Lipinski definition) is 1. The van der Waals surface area contributed by atoms with Gasteiger partial charge in [-0.3, -0.25) is 4.79 Å².